The molecule has 180 valence electrons. The molecule has 1 unspecified atom stereocenters. The van der Waals surface area contributed by atoms with Crippen LogP contribution in [-0.4, -0.2) is 67.3 Å². The van der Waals surface area contributed by atoms with Crippen molar-refractivity contribution in [2.24, 2.45) is 0 Å². The van der Waals surface area contributed by atoms with Gasteiger partial charge < -0.3 is 14.2 Å². The van der Waals surface area contributed by atoms with Crippen molar-refractivity contribution in [3.05, 3.63) is 71.8 Å². The van der Waals surface area contributed by atoms with Crippen LogP contribution in [0.25, 0.3) is 0 Å². The van der Waals surface area contributed by atoms with Gasteiger partial charge in [-0.15, -0.1) is 0 Å². The first-order valence-corrected chi connectivity index (χ1v) is 10.2. The quantitative estimate of drug-likeness (QED) is 0.438. The number of imide groups is 1. The van der Waals surface area contributed by atoms with E-state index in [-0.39, 0.29) is 22.4 Å². The number of alkyl halides is 2. The summed E-state index contributed by atoms with van der Waals surface area (Å²) < 4.78 is 46.5. The first-order valence-electron chi connectivity index (χ1n) is 10.2. The number of carbonyl (C=O) groups is 4. The van der Waals surface area contributed by atoms with Crippen molar-refractivity contribution in [1.82, 2.24) is 10.2 Å². The number of amides is 3. The van der Waals surface area contributed by atoms with Crippen LogP contribution in [0.3, 0.4) is 0 Å². The van der Waals surface area contributed by atoms with E-state index < -0.39 is 55.3 Å². The molecule has 1 fully saturated rings. The summed E-state index contributed by atoms with van der Waals surface area (Å²) in [4.78, 5) is 48.5. The van der Waals surface area contributed by atoms with E-state index in [4.69, 9.17) is 14.2 Å². The Labute approximate surface area is 193 Å². The summed E-state index contributed by atoms with van der Waals surface area (Å²) in [6.45, 7) is -1.32. The topological polar surface area (TPSA) is 111 Å². The third-order valence-electron chi connectivity index (χ3n) is 5.03. The second kappa shape index (κ2) is 10.8. The van der Waals surface area contributed by atoms with E-state index in [1.807, 2.05) is 0 Å². The number of hydrogen-bond donors (Lipinski definition) is 1. The Morgan fingerprint density at radius 3 is 2.09 bits per heavy atom. The minimum atomic E-state index is -4.12. The van der Waals surface area contributed by atoms with Crippen molar-refractivity contribution in [2.75, 3.05) is 20.3 Å². The highest BCUT2D eigenvalue weighted by Crippen LogP contribution is 2.32. The molecule has 0 radical (unpaired) electrons. The van der Waals surface area contributed by atoms with Gasteiger partial charge in [-0.05, 0) is 24.3 Å². The number of rotatable bonds is 9. The maximum absolute atomic E-state index is 15.6. The fourth-order valence-electron chi connectivity index (χ4n) is 3.22. The van der Waals surface area contributed by atoms with Crippen LogP contribution in [0.4, 0.5) is 13.6 Å². The van der Waals surface area contributed by atoms with Crippen LogP contribution in [0, 0.1) is 0 Å². The molecule has 0 bridgehead atoms. The van der Waals surface area contributed by atoms with Gasteiger partial charge in [0.1, 0.15) is 12.7 Å². The van der Waals surface area contributed by atoms with Crippen LogP contribution in [0.15, 0.2) is 60.7 Å². The Kier molecular flexibility index (Phi) is 7.90. The van der Waals surface area contributed by atoms with Gasteiger partial charge in [0.05, 0.1) is 11.1 Å². The smallest absolute Gasteiger partial charge is 0.368 e. The molecule has 11 heteroatoms. The van der Waals surface area contributed by atoms with Crippen LogP contribution >= 0.6 is 0 Å². The Morgan fingerprint density at radius 1 is 1.00 bits per heavy atom. The van der Waals surface area contributed by atoms with E-state index in [0.29, 0.717) is 0 Å². The summed E-state index contributed by atoms with van der Waals surface area (Å²) in [5.74, 6) is -2.62. The molecule has 2 aromatic rings. The molecule has 1 aliphatic rings. The van der Waals surface area contributed by atoms with Gasteiger partial charge in [0, 0.05) is 20.1 Å². The number of benzene rings is 2. The van der Waals surface area contributed by atoms with Crippen LogP contribution in [0.2, 0.25) is 0 Å². The number of methoxy groups -OCH3 is 1. The molecule has 1 heterocycles. The fraction of sp³-hybridized carbons (Fsp3) is 0.304. The van der Waals surface area contributed by atoms with Crippen LogP contribution in [0.1, 0.15) is 27.1 Å². The minimum absolute atomic E-state index is 0.0160. The Hall–Kier alpha value is -3.86. The summed E-state index contributed by atoms with van der Waals surface area (Å²) in [7, 11) is 1.07. The lowest BCUT2D eigenvalue weighted by Crippen LogP contribution is -2.64. The van der Waals surface area contributed by atoms with E-state index in [2.05, 4.69) is 0 Å². The Balaban J connectivity index is 1.85. The predicted molar refractivity (Wildman–Crippen MR) is 113 cm³/mol. The monoisotopic (exact) mass is 476 g/mol. The van der Waals surface area contributed by atoms with Gasteiger partial charge in [0.15, 0.2) is 0 Å². The predicted octanol–water partition coefficient (Wildman–Crippen LogP) is 2.62. The number of hydrogen-bond acceptors (Lipinski definition) is 7. The summed E-state index contributed by atoms with van der Waals surface area (Å²) in [5.41, 5.74) is 0.161. The molecular weight excluding hydrogens is 454 g/mol. The fourth-order valence-corrected chi connectivity index (χ4v) is 3.22. The number of carbonyl (C=O) groups excluding carboxylic acids is 4. The van der Waals surface area contributed by atoms with Crippen molar-refractivity contribution in [1.29, 1.82) is 0 Å². The number of urea groups is 1. The van der Waals surface area contributed by atoms with Gasteiger partial charge in [-0.3, -0.25) is 15.0 Å². The number of nitrogens with zero attached hydrogens (tertiary/aromatic N) is 1. The maximum atomic E-state index is 15.6. The average Bonchev–Trinajstić information content (AvgIpc) is 2.84. The molecule has 1 N–H and O–H groups in total. The molecule has 2 aromatic carbocycles. The molecule has 34 heavy (non-hydrogen) atoms. The second-order valence-corrected chi connectivity index (χ2v) is 7.27. The summed E-state index contributed by atoms with van der Waals surface area (Å²) in [6.07, 6.45) is -4.39. The average molecular weight is 476 g/mol. The van der Waals surface area contributed by atoms with E-state index in [1.165, 1.54) is 36.4 Å². The van der Waals surface area contributed by atoms with E-state index in [1.54, 1.807) is 29.6 Å². The van der Waals surface area contributed by atoms with Crippen molar-refractivity contribution >= 4 is 23.9 Å². The normalized spacial score (nSPS) is 15.8. The van der Waals surface area contributed by atoms with Gasteiger partial charge in [0.2, 0.25) is 12.0 Å². The molecule has 0 spiro atoms. The zero-order chi connectivity index (χ0) is 24.7. The molecule has 1 aliphatic heterocycles. The molecule has 3 rings (SSSR count). The van der Waals surface area contributed by atoms with Gasteiger partial charge in [0.25, 0.3) is 0 Å². The summed E-state index contributed by atoms with van der Waals surface area (Å²) in [6, 6.07) is 9.74. The third kappa shape index (κ3) is 5.73. The van der Waals surface area contributed by atoms with E-state index >= 15 is 8.78 Å². The number of halogens is 2. The van der Waals surface area contributed by atoms with Crippen LogP contribution < -0.4 is 5.32 Å². The lowest BCUT2D eigenvalue weighted by Gasteiger charge is -2.39. The van der Waals surface area contributed by atoms with Crippen molar-refractivity contribution in [3.63, 3.8) is 0 Å². The molecule has 2 atom stereocenters. The SMILES string of the molecule is COC(COC(=O)c1ccccc1)[C@@H](OC(=O)c1ccccc1)C(F)(F)N1CCC(=O)NC1=O. The molecule has 1 saturated heterocycles. The third-order valence-corrected chi connectivity index (χ3v) is 5.03. The number of ether oxygens (including phenoxy) is 3. The lowest BCUT2D eigenvalue weighted by atomic mass is 10.1. The van der Waals surface area contributed by atoms with Gasteiger partial charge in [-0.1, -0.05) is 36.4 Å². The second-order valence-electron chi connectivity index (χ2n) is 7.27. The molecular formula is C23H22F2N2O7. The first-order chi connectivity index (χ1) is 16.2. The van der Waals surface area contributed by atoms with Crippen LogP contribution in [0.5, 0.6) is 0 Å². The van der Waals surface area contributed by atoms with Crippen molar-refractivity contribution in [2.45, 2.75) is 24.7 Å². The van der Waals surface area contributed by atoms with Crippen molar-refractivity contribution in [3.8, 4) is 0 Å². The summed E-state index contributed by atoms with van der Waals surface area (Å²) in [5, 5.41) is 1.81. The van der Waals surface area contributed by atoms with Gasteiger partial charge in [-0.25, -0.2) is 14.4 Å². The van der Waals surface area contributed by atoms with E-state index in [0.717, 1.165) is 7.11 Å². The van der Waals surface area contributed by atoms with Gasteiger partial charge in [-0.2, -0.15) is 8.78 Å². The number of nitrogens with one attached hydrogen (secondary N) is 1. The highest BCUT2D eigenvalue weighted by atomic mass is 19.3. The lowest BCUT2D eigenvalue weighted by molar-refractivity contribution is -0.228. The highest BCUT2D eigenvalue weighted by molar-refractivity contribution is 5.97. The Bertz CT molecular complexity index is 1030. The minimum Gasteiger partial charge on any atom is -0.459 e. The molecule has 0 saturated carbocycles. The zero-order valence-electron chi connectivity index (χ0n) is 18.1. The molecule has 3 amide bonds. The number of esters is 2. The summed E-state index contributed by atoms with van der Waals surface area (Å²) >= 11 is 0. The highest BCUT2D eigenvalue weighted by Gasteiger charge is 2.55. The maximum Gasteiger partial charge on any atom is 0.368 e. The first kappa shape index (κ1) is 24.8. The molecule has 0 aromatic heterocycles. The van der Waals surface area contributed by atoms with Crippen molar-refractivity contribution < 1.29 is 42.2 Å². The molecule has 9 nitrogen and oxygen atoms in total. The standard InChI is InChI=1S/C23H22F2N2O7/c1-32-17(14-33-20(29)15-8-4-2-5-9-15)19(34-21(30)16-10-6-3-7-11-16)23(24,25)27-13-12-18(28)26-22(27)31/h2-11,17,19H,12-14H2,1H3,(H,26,28,31)/t17?,19-/m1/s1. The van der Waals surface area contributed by atoms with E-state index in [9.17, 15) is 19.2 Å². The molecule has 0 aliphatic carbocycles. The Morgan fingerprint density at radius 2 is 1.56 bits per heavy atom. The van der Waals surface area contributed by atoms with Gasteiger partial charge >= 0.3 is 24.0 Å². The van der Waals surface area contributed by atoms with Crippen LogP contribution in [-0.2, 0) is 19.0 Å². The largest absolute Gasteiger partial charge is 0.459 e. The zero-order valence-corrected chi connectivity index (χ0v) is 18.1.